The van der Waals surface area contributed by atoms with Gasteiger partial charge in [-0.15, -0.1) is 0 Å². The third-order valence-corrected chi connectivity index (χ3v) is 9.91. The van der Waals surface area contributed by atoms with Crippen LogP contribution in [0.4, 0.5) is 4.39 Å². The Hall–Kier alpha value is -0.650. The summed E-state index contributed by atoms with van der Waals surface area (Å²) in [6.07, 6.45) is 2.80. The molecule has 0 aliphatic rings. The Morgan fingerprint density at radius 3 is 2.83 bits per heavy atom. The van der Waals surface area contributed by atoms with E-state index in [0.717, 1.165) is 39.1 Å². The molecule has 0 unspecified atom stereocenters. The van der Waals surface area contributed by atoms with Gasteiger partial charge in [0.25, 0.3) is 0 Å². The van der Waals surface area contributed by atoms with Crippen molar-refractivity contribution in [3.05, 3.63) is 57.9 Å². The Balaban J connectivity index is 1.68. The van der Waals surface area contributed by atoms with Gasteiger partial charge in [0.1, 0.15) is 5.82 Å². The van der Waals surface area contributed by atoms with Crippen molar-refractivity contribution in [1.82, 2.24) is 14.7 Å². The van der Waals surface area contributed by atoms with Crippen LogP contribution in [0.1, 0.15) is 6.42 Å². The standard InChI is InChI=1S/C20H21BrClFIN3OS/c1-24(28-2)8-3-9-26-29-19-11-14(5-7-16(19)22)20-25-12-18(27-20)13-4-6-15(21)17(23)10-13/h4-7,10-12,26H,3,8-9H2,1-2H3,(H,25,27). The van der Waals surface area contributed by atoms with Crippen molar-refractivity contribution >= 4 is 59.7 Å². The summed E-state index contributed by atoms with van der Waals surface area (Å²) in [4.78, 5) is 10.9. The van der Waals surface area contributed by atoms with E-state index in [-0.39, 0.29) is 5.82 Å². The second-order valence-corrected chi connectivity index (χ2v) is 13.3. The van der Waals surface area contributed by atoms with E-state index in [4.69, 9.17) is 14.7 Å². The molecule has 3 aromatic rings. The number of nitrogens with zero attached hydrogens (tertiary/aromatic N) is 1. The number of benzene rings is 2. The van der Waals surface area contributed by atoms with Gasteiger partial charge >= 0.3 is 148 Å². The van der Waals surface area contributed by atoms with Gasteiger partial charge in [0.05, 0.1) is 4.47 Å². The molecule has 0 aliphatic heterocycles. The van der Waals surface area contributed by atoms with E-state index in [0.29, 0.717) is 15.3 Å². The van der Waals surface area contributed by atoms with E-state index in [1.165, 1.54) is 18.0 Å². The van der Waals surface area contributed by atoms with Crippen LogP contribution < -0.4 is 4.72 Å². The van der Waals surface area contributed by atoms with E-state index >= 15 is 0 Å². The first-order valence-corrected chi connectivity index (χ1v) is 15.3. The van der Waals surface area contributed by atoms with Crippen LogP contribution in [0.15, 0.2) is 52.0 Å². The number of aromatic nitrogens is 2. The van der Waals surface area contributed by atoms with Gasteiger partial charge in [-0.2, -0.15) is 0 Å². The molecule has 2 aromatic carbocycles. The predicted octanol–water partition coefficient (Wildman–Crippen LogP) is 6.98. The maximum absolute atomic E-state index is 13.8. The Morgan fingerprint density at radius 2 is 2.07 bits per heavy atom. The van der Waals surface area contributed by atoms with Gasteiger partial charge in [-0.1, -0.05) is 6.07 Å². The topological polar surface area (TPSA) is 49.9 Å². The molecular weight excluding hydrogens is 592 g/mol. The van der Waals surface area contributed by atoms with Gasteiger partial charge in [-0.05, 0) is 28.1 Å². The third kappa shape index (κ3) is 6.41. The normalized spacial score (nSPS) is 11.7. The number of alkyl halides is 2. The van der Waals surface area contributed by atoms with Crippen molar-refractivity contribution in [2.45, 2.75) is 11.3 Å². The molecule has 9 heteroatoms. The van der Waals surface area contributed by atoms with Crippen molar-refractivity contribution in [1.29, 1.82) is 0 Å². The Bertz CT molecular complexity index is 975. The molecule has 4 nitrogen and oxygen atoms in total. The molecule has 0 radical (unpaired) electrons. The van der Waals surface area contributed by atoms with Crippen molar-refractivity contribution in [2.75, 3.05) is 23.0 Å². The fraction of sp³-hybridized carbons (Fsp3) is 0.250. The summed E-state index contributed by atoms with van der Waals surface area (Å²) >= 11 is 9.88. The minimum absolute atomic E-state index is 0.308. The molecule has 156 valence electrons. The van der Waals surface area contributed by atoms with E-state index < -0.39 is 20.2 Å². The molecule has 1 aromatic heterocycles. The molecular formula is C20H21BrClFIN3OS. The quantitative estimate of drug-likeness (QED) is 0.119. The van der Waals surface area contributed by atoms with Crippen molar-refractivity contribution in [3.8, 4) is 22.6 Å². The fourth-order valence-electron chi connectivity index (χ4n) is 2.54. The van der Waals surface area contributed by atoms with Crippen molar-refractivity contribution in [2.24, 2.45) is 0 Å². The summed E-state index contributed by atoms with van der Waals surface area (Å²) < 4.78 is 24.2. The average Bonchev–Trinajstić information content (AvgIpc) is 3.21. The number of rotatable bonds is 9. The average molecular weight is 613 g/mol. The summed E-state index contributed by atoms with van der Waals surface area (Å²) in [6.45, 7) is 0.899. The van der Waals surface area contributed by atoms with Crippen molar-refractivity contribution < 1.29 is 7.46 Å². The molecule has 3 rings (SSSR count). The number of aromatic amines is 1. The molecule has 2 N–H and O–H groups in total. The summed E-state index contributed by atoms with van der Waals surface area (Å²) in [6, 6.07) is 10.8. The minimum atomic E-state index is -1.16. The molecule has 0 saturated carbocycles. The van der Waals surface area contributed by atoms with E-state index in [1.807, 2.05) is 24.3 Å². The van der Waals surface area contributed by atoms with Gasteiger partial charge in [0.15, 0.2) is 0 Å². The molecule has 0 amide bonds. The molecule has 0 saturated heterocycles. The zero-order valence-corrected chi connectivity index (χ0v) is 21.3. The van der Waals surface area contributed by atoms with E-state index in [9.17, 15) is 4.39 Å². The first-order chi connectivity index (χ1) is 14.0. The van der Waals surface area contributed by atoms with Crippen LogP contribution in [-0.2, 0) is 3.07 Å². The van der Waals surface area contributed by atoms with Crippen LogP contribution in [0.2, 0.25) is 5.02 Å². The maximum atomic E-state index is 13.8. The van der Waals surface area contributed by atoms with Crippen LogP contribution in [0, 0.1) is 5.82 Å². The molecule has 0 spiro atoms. The van der Waals surface area contributed by atoms with Crippen LogP contribution in [-0.4, -0.2) is 33.0 Å². The first-order valence-electron chi connectivity index (χ1n) is 8.78. The van der Waals surface area contributed by atoms with Crippen LogP contribution in [0.3, 0.4) is 0 Å². The van der Waals surface area contributed by atoms with E-state index in [2.05, 4.69) is 35.6 Å². The van der Waals surface area contributed by atoms with Crippen molar-refractivity contribution in [3.63, 3.8) is 0 Å². The Morgan fingerprint density at radius 1 is 1.28 bits per heavy atom. The van der Waals surface area contributed by atoms with Gasteiger partial charge in [0.2, 0.25) is 0 Å². The third-order valence-electron chi connectivity index (χ3n) is 4.14. The zero-order valence-electron chi connectivity index (χ0n) is 15.9. The SMILES string of the molecule is COI(C)CCCNSc1cc(-c2ncc(-c3ccc(Br)c(F)c3)[nH]2)ccc1Cl. The fourth-order valence-corrected chi connectivity index (χ4v) is 5.67. The Kier molecular flexibility index (Phi) is 8.82. The number of hydrogen-bond acceptors (Lipinski definition) is 4. The second kappa shape index (κ2) is 11.1. The Labute approximate surface area is 195 Å². The summed E-state index contributed by atoms with van der Waals surface area (Å²) in [5.41, 5.74) is 2.42. The molecule has 1 heterocycles. The molecule has 0 atom stereocenters. The number of hydrogen-bond donors (Lipinski definition) is 2. The van der Waals surface area contributed by atoms with Gasteiger partial charge in [0, 0.05) is 0 Å². The molecule has 0 bridgehead atoms. The monoisotopic (exact) mass is 611 g/mol. The van der Waals surface area contributed by atoms with Gasteiger partial charge in [-0.25, -0.2) is 4.39 Å². The molecule has 0 fully saturated rings. The number of H-pyrrole nitrogens is 1. The first kappa shape index (κ1) is 23.0. The van der Waals surface area contributed by atoms with Crippen LogP contribution in [0.25, 0.3) is 22.6 Å². The molecule has 29 heavy (non-hydrogen) atoms. The van der Waals surface area contributed by atoms with Gasteiger partial charge in [-0.3, -0.25) is 0 Å². The number of imidazole rings is 1. The number of nitrogens with one attached hydrogen (secondary N) is 2. The predicted molar refractivity (Wildman–Crippen MR) is 132 cm³/mol. The van der Waals surface area contributed by atoms with Gasteiger partial charge < -0.3 is 0 Å². The van der Waals surface area contributed by atoms with Crippen LogP contribution >= 0.6 is 59.7 Å². The number of halogens is 4. The molecule has 0 aliphatic carbocycles. The van der Waals surface area contributed by atoms with E-state index in [1.54, 1.807) is 19.4 Å². The second-order valence-electron chi connectivity index (χ2n) is 6.14. The summed E-state index contributed by atoms with van der Waals surface area (Å²) in [5, 5.41) is 0.689. The summed E-state index contributed by atoms with van der Waals surface area (Å²) in [7, 11) is 1.80. The van der Waals surface area contributed by atoms with Crippen LogP contribution in [0.5, 0.6) is 0 Å². The zero-order chi connectivity index (χ0) is 20.8. The summed E-state index contributed by atoms with van der Waals surface area (Å²) in [5.74, 6) is 0.403.